The van der Waals surface area contributed by atoms with Gasteiger partial charge >= 0.3 is 12.1 Å². The predicted molar refractivity (Wildman–Crippen MR) is 150 cm³/mol. The summed E-state index contributed by atoms with van der Waals surface area (Å²) in [6, 6.07) is 10.8. The number of amides is 1. The number of halogens is 3. The first kappa shape index (κ1) is 32.8. The molecule has 4 N–H and O–H groups in total. The number of anilines is 1. The molecule has 228 valence electrons. The Labute approximate surface area is 242 Å². The number of esters is 1. The second kappa shape index (κ2) is 15.5. The predicted octanol–water partition coefficient (Wildman–Crippen LogP) is 5.04. The van der Waals surface area contributed by atoms with E-state index in [-0.39, 0.29) is 43.0 Å². The molecule has 1 aliphatic rings. The van der Waals surface area contributed by atoms with Crippen LogP contribution in [0, 0.1) is 11.8 Å². The molecule has 0 unspecified atom stereocenters. The molecule has 0 aromatic heterocycles. The van der Waals surface area contributed by atoms with Crippen molar-refractivity contribution < 1.29 is 47.6 Å². The van der Waals surface area contributed by atoms with E-state index in [4.69, 9.17) is 9.47 Å². The zero-order chi connectivity index (χ0) is 30.7. The highest BCUT2D eigenvalue weighted by Crippen LogP contribution is 2.36. The summed E-state index contributed by atoms with van der Waals surface area (Å²) in [7, 11) is 0. The number of hydrogen-bond donors (Lipinski definition) is 4. The molecule has 8 nitrogen and oxygen atoms in total. The first-order chi connectivity index (χ1) is 19.9. The number of hydrogen-bond acceptors (Lipinski definition) is 7. The quantitative estimate of drug-likeness (QED) is 0.111. The number of carbonyl (C=O) groups excluding carboxylic acids is 2. The summed E-state index contributed by atoms with van der Waals surface area (Å²) >= 11 is 0. The highest BCUT2D eigenvalue weighted by atomic mass is 19.4. The lowest BCUT2D eigenvalue weighted by molar-refractivity contribution is -0.137. The smallest absolute Gasteiger partial charge is 0.416 e. The second-order valence-corrected chi connectivity index (χ2v) is 10.2. The van der Waals surface area contributed by atoms with Crippen LogP contribution in [0.25, 0.3) is 0 Å². The Morgan fingerprint density at radius 1 is 1.07 bits per heavy atom. The Hall–Kier alpha value is -3.67. The van der Waals surface area contributed by atoms with Crippen LogP contribution in [-0.2, 0) is 15.8 Å². The van der Waals surface area contributed by atoms with Gasteiger partial charge in [-0.25, -0.2) is 0 Å². The van der Waals surface area contributed by atoms with Crippen LogP contribution in [-0.4, -0.2) is 52.1 Å². The lowest BCUT2D eigenvalue weighted by atomic mass is 9.89. The van der Waals surface area contributed by atoms with Crippen molar-refractivity contribution in [2.45, 2.75) is 63.5 Å². The van der Waals surface area contributed by atoms with Gasteiger partial charge in [0, 0.05) is 31.4 Å². The van der Waals surface area contributed by atoms with E-state index in [0.29, 0.717) is 30.7 Å². The largest absolute Gasteiger partial charge is 0.491 e. The van der Waals surface area contributed by atoms with Crippen LogP contribution in [0.2, 0.25) is 0 Å². The maximum absolute atomic E-state index is 12.9. The molecule has 0 heterocycles. The highest BCUT2D eigenvalue weighted by molar-refractivity contribution is 5.88. The van der Waals surface area contributed by atoms with Crippen LogP contribution < -0.4 is 14.8 Å². The van der Waals surface area contributed by atoms with E-state index in [9.17, 15) is 38.1 Å². The fourth-order valence-corrected chi connectivity index (χ4v) is 4.69. The molecule has 0 bridgehead atoms. The van der Waals surface area contributed by atoms with Gasteiger partial charge in [0.25, 0.3) is 0 Å². The minimum atomic E-state index is -4.50. The molecule has 0 radical (unpaired) electrons. The first-order valence-corrected chi connectivity index (χ1v) is 13.7. The van der Waals surface area contributed by atoms with Crippen molar-refractivity contribution in [3.8, 4) is 11.5 Å². The molecule has 2 aromatic rings. The van der Waals surface area contributed by atoms with Crippen molar-refractivity contribution in [1.82, 2.24) is 0 Å². The number of aliphatic hydroxyl groups excluding tert-OH is 3. The Morgan fingerprint density at radius 3 is 2.50 bits per heavy atom. The molecule has 0 saturated heterocycles. The molecule has 1 amide bonds. The monoisotopic (exact) mass is 591 g/mol. The minimum absolute atomic E-state index is 0.0257. The van der Waals surface area contributed by atoms with Gasteiger partial charge < -0.3 is 30.1 Å². The van der Waals surface area contributed by atoms with Crippen molar-refractivity contribution in [2.24, 2.45) is 11.8 Å². The lowest BCUT2D eigenvalue weighted by Gasteiger charge is -2.19. The minimum Gasteiger partial charge on any atom is -0.491 e. The topological polar surface area (TPSA) is 125 Å². The number of aliphatic hydroxyl groups is 3. The number of allylic oxidation sites excluding steroid dienone is 2. The van der Waals surface area contributed by atoms with Gasteiger partial charge in [-0.3, -0.25) is 9.59 Å². The number of nitrogens with one attached hydrogen (secondary N) is 1. The summed E-state index contributed by atoms with van der Waals surface area (Å²) in [5.41, 5.74) is -0.250. The van der Waals surface area contributed by atoms with E-state index in [1.807, 2.05) is 12.2 Å². The number of benzene rings is 2. The maximum Gasteiger partial charge on any atom is 0.416 e. The Bertz CT molecular complexity index is 1230. The average molecular weight is 592 g/mol. The summed E-state index contributed by atoms with van der Waals surface area (Å²) in [5, 5.41) is 33.7. The van der Waals surface area contributed by atoms with E-state index in [1.165, 1.54) is 25.1 Å². The molecule has 5 atom stereocenters. The Morgan fingerprint density at radius 2 is 1.81 bits per heavy atom. The maximum atomic E-state index is 12.9. The van der Waals surface area contributed by atoms with E-state index in [1.54, 1.807) is 30.3 Å². The Balaban J connectivity index is 1.40. The fraction of sp³-hybridized carbons (Fsp3) is 0.419. The van der Waals surface area contributed by atoms with E-state index in [2.05, 4.69) is 5.32 Å². The molecule has 42 heavy (non-hydrogen) atoms. The third-order valence-corrected chi connectivity index (χ3v) is 6.79. The van der Waals surface area contributed by atoms with Crippen molar-refractivity contribution in [1.29, 1.82) is 0 Å². The van der Waals surface area contributed by atoms with E-state index < -0.39 is 36.0 Å². The van der Waals surface area contributed by atoms with Crippen molar-refractivity contribution in [3.05, 3.63) is 78.4 Å². The third kappa shape index (κ3) is 10.6. The van der Waals surface area contributed by atoms with Gasteiger partial charge in [-0.1, -0.05) is 30.4 Å². The van der Waals surface area contributed by atoms with Crippen LogP contribution >= 0.6 is 0 Å². The van der Waals surface area contributed by atoms with Gasteiger partial charge in [0.15, 0.2) is 0 Å². The second-order valence-electron chi connectivity index (χ2n) is 10.2. The van der Waals surface area contributed by atoms with Crippen LogP contribution in [0.15, 0.2) is 72.8 Å². The SMILES string of the molecule is CC(=O)Nc1ccc(OC(=O)CCC/C=C\C[C@@H]2[C@@H](/C=C/[C@@H](O)COc3cccc(C(F)(F)F)c3)[C@H](O)C[C@@H]2O)cc1. The molecule has 0 aliphatic heterocycles. The van der Waals surface area contributed by atoms with Crippen LogP contribution in [0.4, 0.5) is 18.9 Å². The van der Waals surface area contributed by atoms with Crippen molar-refractivity contribution >= 4 is 17.6 Å². The van der Waals surface area contributed by atoms with Gasteiger partial charge in [-0.2, -0.15) is 13.2 Å². The first-order valence-electron chi connectivity index (χ1n) is 13.7. The van der Waals surface area contributed by atoms with Crippen LogP contribution in [0.1, 0.15) is 44.6 Å². The molecule has 3 rings (SSSR count). The highest BCUT2D eigenvalue weighted by Gasteiger charge is 2.39. The summed E-state index contributed by atoms with van der Waals surface area (Å²) in [5.74, 6) is -0.954. The number of alkyl halides is 3. The summed E-state index contributed by atoms with van der Waals surface area (Å²) < 4.78 is 49.2. The third-order valence-electron chi connectivity index (χ3n) is 6.79. The van der Waals surface area contributed by atoms with Crippen LogP contribution in [0.3, 0.4) is 0 Å². The summed E-state index contributed by atoms with van der Waals surface area (Å²) in [4.78, 5) is 23.2. The van der Waals surface area contributed by atoms with Crippen molar-refractivity contribution in [3.63, 3.8) is 0 Å². The molecule has 1 saturated carbocycles. The molecule has 2 aromatic carbocycles. The van der Waals surface area contributed by atoms with Gasteiger partial charge in [0.2, 0.25) is 5.91 Å². The van der Waals surface area contributed by atoms with Gasteiger partial charge in [0.1, 0.15) is 24.2 Å². The number of ether oxygens (including phenoxy) is 2. The summed E-state index contributed by atoms with van der Waals surface area (Å²) in [6.07, 6.45) is 1.62. The number of unbranched alkanes of at least 4 members (excludes halogenated alkanes) is 1. The lowest BCUT2D eigenvalue weighted by Crippen LogP contribution is -2.21. The number of rotatable bonds is 13. The molecule has 1 aliphatic carbocycles. The van der Waals surface area contributed by atoms with Gasteiger partial charge in [-0.15, -0.1) is 0 Å². The molecule has 0 spiro atoms. The van der Waals surface area contributed by atoms with Gasteiger partial charge in [0.05, 0.1) is 17.8 Å². The molecular formula is C31H36F3NO7. The van der Waals surface area contributed by atoms with E-state index in [0.717, 1.165) is 12.1 Å². The number of carbonyl (C=O) groups is 2. The zero-order valence-corrected chi connectivity index (χ0v) is 23.2. The standard InChI is InChI=1S/C31H36F3NO7/c1-20(36)35-22-11-14-24(15-12-22)42-30(40)10-5-3-2-4-9-26-27(29(39)18-28(26)38)16-13-23(37)19-41-25-8-6-7-21(17-25)31(32,33)34/h2,4,6-8,11-17,23,26-29,37-39H,3,5,9-10,18-19H2,1H3,(H,35,36)/b4-2-,16-13+/t23-,26-,27-,28+,29-/m1/s1. The van der Waals surface area contributed by atoms with Crippen LogP contribution in [0.5, 0.6) is 11.5 Å². The van der Waals surface area contributed by atoms with Crippen molar-refractivity contribution in [2.75, 3.05) is 11.9 Å². The molecular weight excluding hydrogens is 555 g/mol. The van der Waals surface area contributed by atoms with E-state index >= 15 is 0 Å². The Kier molecular flexibility index (Phi) is 12.1. The molecule has 11 heteroatoms. The summed E-state index contributed by atoms with van der Waals surface area (Å²) in [6.45, 7) is 1.12. The zero-order valence-electron chi connectivity index (χ0n) is 23.2. The van der Waals surface area contributed by atoms with Gasteiger partial charge in [-0.05, 0) is 67.6 Å². The normalized spacial score (nSPS) is 21.5. The fourth-order valence-electron chi connectivity index (χ4n) is 4.69. The average Bonchev–Trinajstić information content (AvgIpc) is 3.20. The molecule has 1 fully saturated rings.